The van der Waals surface area contributed by atoms with Crippen LogP contribution in [-0.4, -0.2) is 41.6 Å². The molecule has 2 aromatic rings. The molecule has 3 rings (SSSR count). The highest BCUT2D eigenvalue weighted by Gasteiger charge is 2.33. The minimum absolute atomic E-state index is 0.0642. The van der Waals surface area contributed by atoms with Crippen LogP contribution in [0.1, 0.15) is 11.1 Å². The zero-order chi connectivity index (χ0) is 20.1. The molecule has 2 aromatic carbocycles. The molecule has 0 bridgehead atoms. The molecule has 0 radical (unpaired) electrons. The minimum Gasteiger partial charge on any atom is -0.493 e. The summed E-state index contributed by atoms with van der Waals surface area (Å²) in [5, 5.41) is 11.4. The fourth-order valence-corrected chi connectivity index (χ4v) is 2.73. The maximum atomic E-state index is 12.7. The Morgan fingerprint density at radius 1 is 1.14 bits per heavy atom. The molecular weight excluding hydrogens is 364 g/mol. The molecule has 1 fully saturated rings. The first-order valence-electron chi connectivity index (χ1n) is 8.39. The number of hydrogen-bond donors (Lipinski definition) is 2. The van der Waals surface area contributed by atoms with Crippen molar-refractivity contribution in [2.45, 2.75) is 6.54 Å². The molecule has 1 aliphatic heterocycles. The zero-order valence-corrected chi connectivity index (χ0v) is 15.0. The Morgan fingerprint density at radius 2 is 1.89 bits per heavy atom. The number of benzene rings is 2. The van der Waals surface area contributed by atoms with Crippen molar-refractivity contribution in [3.05, 3.63) is 65.4 Å². The summed E-state index contributed by atoms with van der Waals surface area (Å²) in [5.74, 6) is -1.15. The molecule has 0 saturated carbocycles. The number of amides is 3. The first kappa shape index (κ1) is 19.0. The number of carbonyl (C=O) groups is 3. The first-order chi connectivity index (χ1) is 13.5. The average molecular weight is 382 g/mol. The van der Waals surface area contributed by atoms with E-state index >= 15 is 0 Å². The van der Waals surface area contributed by atoms with Crippen LogP contribution in [-0.2, 0) is 16.1 Å². The summed E-state index contributed by atoms with van der Waals surface area (Å²) in [6.07, 6.45) is 1.44. The molecule has 0 aliphatic carbocycles. The quantitative estimate of drug-likeness (QED) is 0.562. The molecule has 1 heterocycles. The van der Waals surface area contributed by atoms with Gasteiger partial charge >= 0.3 is 12.0 Å². The van der Waals surface area contributed by atoms with Gasteiger partial charge in [-0.3, -0.25) is 9.69 Å². The van der Waals surface area contributed by atoms with Crippen LogP contribution in [0.2, 0.25) is 0 Å². The molecule has 0 spiro atoms. The molecule has 8 heteroatoms. The van der Waals surface area contributed by atoms with Gasteiger partial charge in [-0.05, 0) is 17.7 Å². The Bertz CT molecular complexity index is 939. The second-order valence-electron chi connectivity index (χ2n) is 5.93. The number of methoxy groups -OCH3 is 1. The van der Waals surface area contributed by atoms with Crippen LogP contribution >= 0.6 is 0 Å². The van der Waals surface area contributed by atoms with E-state index in [9.17, 15) is 14.4 Å². The van der Waals surface area contributed by atoms with Crippen molar-refractivity contribution in [3.63, 3.8) is 0 Å². The summed E-state index contributed by atoms with van der Waals surface area (Å²) in [7, 11) is 1.42. The number of ether oxygens (including phenoxy) is 2. The zero-order valence-electron chi connectivity index (χ0n) is 15.0. The molecule has 0 aromatic heterocycles. The molecule has 1 saturated heterocycles. The van der Waals surface area contributed by atoms with Gasteiger partial charge in [-0.15, -0.1) is 0 Å². The number of urea groups is 1. The van der Waals surface area contributed by atoms with Gasteiger partial charge in [-0.1, -0.05) is 42.5 Å². The monoisotopic (exact) mass is 382 g/mol. The van der Waals surface area contributed by atoms with Crippen molar-refractivity contribution in [1.29, 1.82) is 0 Å². The highest BCUT2D eigenvalue weighted by molar-refractivity contribution is 6.14. The Hall–Kier alpha value is -3.81. The maximum Gasteiger partial charge on any atom is 0.341 e. The number of hydrogen-bond acceptors (Lipinski definition) is 5. The van der Waals surface area contributed by atoms with Crippen molar-refractivity contribution in [2.75, 3.05) is 13.7 Å². The minimum atomic E-state index is -1.15. The summed E-state index contributed by atoms with van der Waals surface area (Å²) in [4.78, 5) is 36.8. The largest absolute Gasteiger partial charge is 0.493 e. The van der Waals surface area contributed by atoms with E-state index in [-0.39, 0.29) is 18.0 Å². The average Bonchev–Trinajstić information content (AvgIpc) is 2.95. The van der Waals surface area contributed by atoms with Gasteiger partial charge in [-0.25, -0.2) is 9.59 Å². The predicted molar refractivity (Wildman–Crippen MR) is 99.6 cm³/mol. The van der Waals surface area contributed by atoms with E-state index < -0.39 is 24.5 Å². The first-order valence-corrected chi connectivity index (χ1v) is 8.39. The van der Waals surface area contributed by atoms with Crippen molar-refractivity contribution < 1.29 is 29.0 Å². The van der Waals surface area contributed by atoms with E-state index in [0.29, 0.717) is 11.3 Å². The van der Waals surface area contributed by atoms with Crippen LogP contribution in [0.15, 0.2) is 54.2 Å². The summed E-state index contributed by atoms with van der Waals surface area (Å²) in [6, 6.07) is 13.5. The van der Waals surface area contributed by atoms with Crippen molar-refractivity contribution in [2.24, 2.45) is 0 Å². The summed E-state index contributed by atoms with van der Waals surface area (Å²) < 4.78 is 10.5. The number of carboxylic acid groups (broad SMARTS) is 1. The smallest absolute Gasteiger partial charge is 0.341 e. The highest BCUT2D eigenvalue weighted by Crippen LogP contribution is 2.33. The van der Waals surface area contributed by atoms with E-state index in [1.54, 1.807) is 18.2 Å². The lowest BCUT2D eigenvalue weighted by Crippen LogP contribution is -2.30. The lowest BCUT2D eigenvalue weighted by atomic mass is 10.1. The van der Waals surface area contributed by atoms with E-state index in [1.165, 1.54) is 13.2 Å². The summed E-state index contributed by atoms with van der Waals surface area (Å²) in [6.45, 7) is -0.430. The number of para-hydroxylation sites is 1. The van der Waals surface area contributed by atoms with E-state index in [1.807, 2.05) is 30.3 Å². The number of nitrogens with one attached hydrogen (secondary N) is 1. The van der Waals surface area contributed by atoms with Crippen molar-refractivity contribution in [3.8, 4) is 11.5 Å². The molecule has 8 nitrogen and oxygen atoms in total. The Kier molecular flexibility index (Phi) is 5.59. The van der Waals surface area contributed by atoms with E-state index in [4.69, 9.17) is 14.6 Å². The van der Waals surface area contributed by atoms with Gasteiger partial charge in [0.15, 0.2) is 18.1 Å². The van der Waals surface area contributed by atoms with Gasteiger partial charge in [0.1, 0.15) is 5.70 Å². The maximum absolute atomic E-state index is 12.7. The number of carbonyl (C=O) groups excluding carboxylic acids is 2. The third kappa shape index (κ3) is 4.12. The number of carboxylic acids is 1. The normalized spacial score (nSPS) is 14.9. The SMILES string of the molecule is COc1cccc(C=C2NC(=O)N(Cc3ccccc3)C2=O)c1OCC(=O)O. The van der Waals surface area contributed by atoms with Gasteiger partial charge < -0.3 is 19.9 Å². The van der Waals surface area contributed by atoms with Crippen LogP contribution in [0.5, 0.6) is 11.5 Å². The lowest BCUT2D eigenvalue weighted by Gasteiger charge is -2.12. The predicted octanol–water partition coefficient (Wildman–Crippen LogP) is 2.25. The standard InChI is InChI=1S/C20H18N2O6/c1-27-16-9-5-8-14(18(16)28-12-17(23)24)10-15-19(25)22(20(26)21-15)11-13-6-3-2-4-7-13/h2-10H,11-12H2,1H3,(H,21,26)(H,23,24). The molecular formula is C20H18N2O6. The Labute approximate surface area is 161 Å². The fraction of sp³-hybridized carbons (Fsp3) is 0.150. The highest BCUT2D eigenvalue weighted by atomic mass is 16.5. The molecule has 144 valence electrons. The van der Waals surface area contributed by atoms with Crippen LogP contribution in [0.25, 0.3) is 6.08 Å². The van der Waals surface area contributed by atoms with Gasteiger partial charge in [-0.2, -0.15) is 0 Å². The molecule has 1 aliphatic rings. The molecule has 28 heavy (non-hydrogen) atoms. The Morgan fingerprint density at radius 3 is 2.57 bits per heavy atom. The topological polar surface area (TPSA) is 105 Å². The molecule has 0 atom stereocenters. The molecule has 2 N–H and O–H groups in total. The van der Waals surface area contributed by atoms with Gasteiger partial charge in [0.05, 0.1) is 13.7 Å². The summed E-state index contributed by atoms with van der Waals surface area (Å²) >= 11 is 0. The second kappa shape index (κ2) is 8.26. The Balaban J connectivity index is 1.88. The lowest BCUT2D eigenvalue weighted by molar-refractivity contribution is -0.139. The fourth-order valence-electron chi connectivity index (χ4n) is 2.73. The van der Waals surface area contributed by atoms with Gasteiger partial charge in [0.2, 0.25) is 0 Å². The molecule has 3 amide bonds. The van der Waals surface area contributed by atoms with Crippen molar-refractivity contribution in [1.82, 2.24) is 10.2 Å². The third-order valence-electron chi connectivity index (χ3n) is 4.01. The molecule has 0 unspecified atom stereocenters. The second-order valence-corrected chi connectivity index (χ2v) is 5.93. The van der Waals surface area contributed by atoms with Gasteiger partial charge in [0.25, 0.3) is 5.91 Å². The third-order valence-corrected chi connectivity index (χ3v) is 4.01. The number of rotatable bonds is 7. The van der Waals surface area contributed by atoms with Gasteiger partial charge in [0, 0.05) is 5.56 Å². The van der Waals surface area contributed by atoms with Crippen LogP contribution in [0, 0.1) is 0 Å². The van der Waals surface area contributed by atoms with Crippen LogP contribution in [0.3, 0.4) is 0 Å². The number of nitrogens with zero attached hydrogens (tertiary/aromatic N) is 1. The number of aliphatic carboxylic acids is 1. The number of imide groups is 1. The van der Waals surface area contributed by atoms with E-state index in [2.05, 4.69) is 5.32 Å². The van der Waals surface area contributed by atoms with Crippen LogP contribution < -0.4 is 14.8 Å². The van der Waals surface area contributed by atoms with Crippen molar-refractivity contribution >= 4 is 24.0 Å². The van der Waals surface area contributed by atoms with Crippen LogP contribution in [0.4, 0.5) is 4.79 Å². The van der Waals surface area contributed by atoms with E-state index in [0.717, 1.165) is 10.5 Å². The summed E-state index contributed by atoms with van der Waals surface area (Å²) in [5.41, 5.74) is 1.29.